The molecule has 0 saturated heterocycles. The fourth-order valence-electron chi connectivity index (χ4n) is 1.70. The molecule has 1 aromatic carbocycles. The van der Waals surface area contributed by atoms with Crippen molar-refractivity contribution < 1.29 is 9.47 Å². The summed E-state index contributed by atoms with van der Waals surface area (Å²) in [6.07, 6.45) is 1.81. The summed E-state index contributed by atoms with van der Waals surface area (Å²) in [5.41, 5.74) is 0.933. The first-order chi connectivity index (χ1) is 9.33. The number of hydrogen-bond donors (Lipinski definition) is 1. The molecule has 5 heteroatoms. The van der Waals surface area contributed by atoms with Gasteiger partial charge in [0.1, 0.15) is 16.5 Å². The van der Waals surface area contributed by atoms with Gasteiger partial charge in [-0.05, 0) is 26.0 Å². The summed E-state index contributed by atoms with van der Waals surface area (Å²) in [4.78, 5) is 4.25. The molecule has 0 spiro atoms. The predicted molar refractivity (Wildman–Crippen MR) is 78.2 cm³/mol. The third-order valence-corrected chi connectivity index (χ3v) is 3.26. The molecule has 0 bridgehead atoms. The lowest BCUT2D eigenvalue weighted by molar-refractivity contribution is 0.332. The molecule has 0 aliphatic carbocycles. The summed E-state index contributed by atoms with van der Waals surface area (Å²) in [5.74, 6) is 1.68. The first kappa shape index (κ1) is 13.7. The molecule has 0 amide bonds. The van der Waals surface area contributed by atoms with Crippen molar-refractivity contribution in [1.29, 1.82) is 0 Å². The van der Waals surface area contributed by atoms with E-state index in [4.69, 9.17) is 9.47 Å². The van der Waals surface area contributed by atoms with Crippen molar-refractivity contribution in [3.05, 3.63) is 34.8 Å². The van der Waals surface area contributed by atoms with Gasteiger partial charge < -0.3 is 14.8 Å². The summed E-state index contributed by atoms with van der Waals surface area (Å²) in [7, 11) is 0. The van der Waals surface area contributed by atoms with E-state index in [0.29, 0.717) is 19.8 Å². The molecule has 1 N–H and O–H groups in total. The number of hydrogen-bond acceptors (Lipinski definition) is 5. The van der Waals surface area contributed by atoms with Gasteiger partial charge >= 0.3 is 0 Å². The fraction of sp³-hybridized carbons (Fsp3) is 0.357. The van der Waals surface area contributed by atoms with Gasteiger partial charge in [-0.1, -0.05) is 0 Å². The molecule has 0 unspecified atom stereocenters. The molecule has 1 aromatic heterocycles. The third-order valence-electron chi connectivity index (χ3n) is 2.48. The Morgan fingerprint density at radius 3 is 2.74 bits per heavy atom. The van der Waals surface area contributed by atoms with E-state index >= 15 is 0 Å². The van der Waals surface area contributed by atoms with E-state index in [-0.39, 0.29) is 0 Å². The Morgan fingerprint density at radius 1 is 1.21 bits per heavy atom. The van der Waals surface area contributed by atoms with Gasteiger partial charge in [-0.15, -0.1) is 11.3 Å². The minimum Gasteiger partial charge on any atom is -0.494 e. The Hall–Kier alpha value is -1.75. The average Bonchev–Trinajstić information content (AvgIpc) is 2.92. The Labute approximate surface area is 117 Å². The van der Waals surface area contributed by atoms with Gasteiger partial charge in [0, 0.05) is 17.6 Å². The largest absolute Gasteiger partial charge is 0.494 e. The molecular weight excluding hydrogens is 260 g/mol. The van der Waals surface area contributed by atoms with Crippen LogP contribution in [0.3, 0.4) is 0 Å². The lowest BCUT2D eigenvalue weighted by Crippen LogP contribution is -2.03. The van der Waals surface area contributed by atoms with E-state index in [1.54, 1.807) is 11.3 Å². The average molecular weight is 278 g/mol. The zero-order valence-electron chi connectivity index (χ0n) is 11.2. The maximum Gasteiger partial charge on any atom is 0.142 e. The van der Waals surface area contributed by atoms with Crippen LogP contribution in [0.5, 0.6) is 11.5 Å². The number of rotatable bonds is 7. The van der Waals surface area contributed by atoms with Crippen LogP contribution in [-0.2, 0) is 6.54 Å². The van der Waals surface area contributed by atoms with Crippen LogP contribution in [0.4, 0.5) is 5.69 Å². The lowest BCUT2D eigenvalue weighted by atomic mass is 10.2. The molecule has 0 atom stereocenters. The Bertz CT molecular complexity index is 500. The van der Waals surface area contributed by atoms with E-state index < -0.39 is 0 Å². The maximum absolute atomic E-state index is 5.60. The van der Waals surface area contributed by atoms with E-state index in [1.165, 1.54) is 0 Å². The zero-order valence-corrected chi connectivity index (χ0v) is 12.0. The summed E-state index contributed by atoms with van der Waals surface area (Å²) < 4.78 is 11.1. The number of thiazole rings is 1. The van der Waals surface area contributed by atoms with Gasteiger partial charge in [-0.2, -0.15) is 0 Å². The Balaban J connectivity index is 2.11. The standard InChI is InChI=1S/C14H18N2O2S/c1-3-17-11-5-6-13(18-4-2)12(9-11)16-10-14-15-7-8-19-14/h5-9,16H,3-4,10H2,1-2H3. The van der Waals surface area contributed by atoms with Crippen molar-refractivity contribution in [3.8, 4) is 11.5 Å². The number of anilines is 1. The van der Waals surface area contributed by atoms with Crippen LogP contribution in [0.25, 0.3) is 0 Å². The Morgan fingerprint density at radius 2 is 2.05 bits per heavy atom. The molecule has 0 radical (unpaired) electrons. The zero-order chi connectivity index (χ0) is 13.5. The van der Waals surface area contributed by atoms with Gasteiger partial charge in [-0.25, -0.2) is 4.98 Å². The summed E-state index contributed by atoms with van der Waals surface area (Å²) in [5, 5.41) is 6.36. The molecule has 0 aliphatic rings. The highest BCUT2D eigenvalue weighted by molar-refractivity contribution is 7.09. The van der Waals surface area contributed by atoms with Crippen LogP contribution in [-0.4, -0.2) is 18.2 Å². The quantitative estimate of drug-likeness (QED) is 0.841. The van der Waals surface area contributed by atoms with Crippen molar-refractivity contribution in [2.24, 2.45) is 0 Å². The second kappa shape index (κ2) is 6.99. The van der Waals surface area contributed by atoms with E-state index in [1.807, 2.05) is 43.6 Å². The van der Waals surface area contributed by atoms with Crippen LogP contribution in [0.15, 0.2) is 29.8 Å². The monoisotopic (exact) mass is 278 g/mol. The summed E-state index contributed by atoms with van der Waals surface area (Å²) in [6.45, 7) is 5.92. The van der Waals surface area contributed by atoms with Gasteiger partial charge in [0.25, 0.3) is 0 Å². The molecular formula is C14H18N2O2S. The van der Waals surface area contributed by atoms with E-state index in [9.17, 15) is 0 Å². The third kappa shape index (κ3) is 3.86. The molecule has 0 aliphatic heterocycles. The molecule has 19 heavy (non-hydrogen) atoms. The summed E-state index contributed by atoms with van der Waals surface area (Å²) >= 11 is 1.63. The summed E-state index contributed by atoms with van der Waals surface area (Å²) in [6, 6.07) is 5.81. The van der Waals surface area contributed by atoms with Crippen molar-refractivity contribution in [1.82, 2.24) is 4.98 Å². The molecule has 2 aromatic rings. The highest BCUT2D eigenvalue weighted by Gasteiger charge is 2.06. The molecule has 0 fully saturated rings. The van der Waals surface area contributed by atoms with Crippen molar-refractivity contribution in [2.75, 3.05) is 18.5 Å². The second-order valence-electron chi connectivity index (χ2n) is 3.80. The molecule has 0 saturated carbocycles. The number of benzene rings is 1. The smallest absolute Gasteiger partial charge is 0.142 e. The SMILES string of the molecule is CCOc1ccc(OCC)c(NCc2nccs2)c1. The fourth-order valence-corrected chi connectivity index (χ4v) is 2.25. The van der Waals surface area contributed by atoms with E-state index in [0.717, 1.165) is 22.2 Å². The van der Waals surface area contributed by atoms with Gasteiger partial charge in [0.15, 0.2) is 0 Å². The van der Waals surface area contributed by atoms with Gasteiger partial charge in [0.2, 0.25) is 0 Å². The van der Waals surface area contributed by atoms with Gasteiger partial charge in [-0.3, -0.25) is 0 Å². The van der Waals surface area contributed by atoms with Gasteiger partial charge in [0.05, 0.1) is 25.4 Å². The van der Waals surface area contributed by atoms with Crippen molar-refractivity contribution in [3.63, 3.8) is 0 Å². The predicted octanol–water partition coefficient (Wildman–Crippen LogP) is 3.55. The van der Waals surface area contributed by atoms with Crippen LogP contribution >= 0.6 is 11.3 Å². The number of nitrogens with zero attached hydrogens (tertiary/aromatic N) is 1. The number of ether oxygens (including phenoxy) is 2. The first-order valence-electron chi connectivity index (χ1n) is 6.35. The van der Waals surface area contributed by atoms with Crippen LogP contribution < -0.4 is 14.8 Å². The van der Waals surface area contributed by atoms with Crippen LogP contribution in [0.2, 0.25) is 0 Å². The molecule has 2 rings (SSSR count). The Kier molecular flexibility index (Phi) is 5.03. The minimum atomic E-state index is 0.639. The minimum absolute atomic E-state index is 0.639. The van der Waals surface area contributed by atoms with Crippen molar-refractivity contribution in [2.45, 2.75) is 20.4 Å². The topological polar surface area (TPSA) is 43.4 Å². The molecule has 1 heterocycles. The second-order valence-corrected chi connectivity index (χ2v) is 4.78. The first-order valence-corrected chi connectivity index (χ1v) is 7.23. The van der Waals surface area contributed by atoms with Crippen molar-refractivity contribution >= 4 is 17.0 Å². The lowest BCUT2D eigenvalue weighted by Gasteiger charge is -2.13. The van der Waals surface area contributed by atoms with Crippen LogP contribution in [0, 0.1) is 0 Å². The number of aromatic nitrogens is 1. The molecule has 102 valence electrons. The number of nitrogens with one attached hydrogen (secondary N) is 1. The van der Waals surface area contributed by atoms with E-state index in [2.05, 4.69) is 10.3 Å². The van der Waals surface area contributed by atoms with Crippen LogP contribution in [0.1, 0.15) is 18.9 Å². The highest BCUT2D eigenvalue weighted by Crippen LogP contribution is 2.30. The maximum atomic E-state index is 5.60. The highest BCUT2D eigenvalue weighted by atomic mass is 32.1. The molecule has 4 nitrogen and oxygen atoms in total. The normalized spacial score (nSPS) is 10.2.